The highest BCUT2D eigenvalue weighted by Crippen LogP contribution is 2.24. The number of hydrogen-bond acceptors (Lipinski definition) is 3. The Kier molecular flexibility index (Phi) is 6.02. The summed E-state index contributed by atoms with van der Waals surface area (Å²) in [4.78, 5) is 14.8. The fraction of sp³-hybridized carbons (Fsp3) is 0.933. The minimum absolute atomic E-state index is 0.228. The van der Waals surface area contributed by atoms with E-state index in [1.54, 1.807) is 0 Å². The van der Waals surface area contributed by atoms with Crippen LogP contribution < -0.4 is 5.32 Å². The van der Waals surface area contributed by atoms with E-state index in [1.807, 2.05) is 11.8 Å². The number of rotatable bonds is 2. The molecule has 1 aliphatic carbocycles. The van der Waals surface area contributed by atoms with Gasteiger partial charge < -0.3 is 5.32 Å². The van der Waals surface area contributed by atoms with E-state index < -0.39 is 0 Å². The van der Waals surface area contributed by atoms with Crippen molar-refractivity contribution in [1.29, 1.82) is 0 Å². The van der Waals surface area contributed by atoms with Gasteiger partial charge in [0, 0.05) is 23.5 Å². The van der Waals surface area contributed by atoms with Crippen LogP contribution in [0.3, 0.4) is 0 Å². The predicted octanol–water partition coefficient (Wildman–Crippen LogP) is 2.86. The van der Waals surface area contributed by atoms with Gasteiger partial charge in [0.15, 0.2) is 0 Å². The number of nitrogens with one attached hydrogen (secondary N) is 1. The molecule has 0 spiro atoms. The normalized spacial score (nSPS) is 31.5. The molecule has 1 amide bonds. The molecule has 3 nitrogen and oxygen atoms in total. The summed E-state index contributed by atoms with van der Waals surface area (Å²) >= 11 is 1.95. The highest BCUT2D eigenvalue weighted by Gasteiger charge is 2.28. The van der Waals surface area contributed by atoms with E-state index in [0.29, 0.717) is 11.9 Å². The zero-order valence-electron chi connectivity index (χ0n) is 12.4. The summed E-state index contributed by atoms with van der Waals surface area (Å²) in [7, 11) is 2.13. The lowest BCUT2D eigenvalue weighted by molar-refractivity contribution is -0.127. The second kappa shape index (κ2) is 7.53. The molecule has 2 fully saturated rings. The molecule has 0 bridgehead atoms. The van der Waals surface area contributed by atoms with Crippen molar-refractivity contribution in [1.82, 2.24) is 10.2 Å². The van der Waals surface area contributed by atoms with Gasteiger partial charge in [-0.2, -0.15) is 11.8 Å². The Bertz CT molecular complexity index is 290. The monoisotopic (exact) mass is 284 g/mol. The van der Waals surface area contributed by atoms with Crippen LogP contribution in [0.25, 0.3) is 0 Å². The first-order valence-electron chi connectivity index (χ1n) is 7.78. The van der Waals surface area contributed by atoms with Crippen molar-refractivity contribution >= 4 is 17.7 Å². The molecule has 0 aromatic heterocycles. The molecule has 1 unspecified atom stereocenters. The van der Waals surface area contributed by atoms with Crippen LogP contribution in [0.15, 0.2) is 0 Å². The summed E-state index contributed by atoms with van der Waals surface area (Å²) in [6, 6.07) is 0.557. The SMILES string of the molecule is CC1CSC[C@H](NC(=O)C2CCCCCCC2)N1C. The molecule has 2 rings (SSSR count). The quantitative estimate of drug-likeness (QED) is 0.846. The first kappa shape index (κ1) is 15.2. The molecule has 2 atom stereocenters. The number of carbonyl (C=O) groups is 1. The lowest BCUT2D eigenvalue weighted by Crippen LogP contribution is -2.55. The van der Waals surface area contributed by atoms with Crippen LogP contribution in [0.1, 0.15) is 51.9 Å². The molecule has 1 N–H and O–H groups in total. The number of nitrogens with zero attached hydrogens (tertiary/aromatic N) is 1. The van der Waals surface area contributed by atoms with Crippen LogP contribution in [0.4, 0.5) is 0 Å². The molecular formula is C15H28N2OS. The molecule has 1 heterocycles. The van der Waals surface area contributed by atoms with Crippen molar-refractivity contribution in [2.75, 3.05) is 18.6 Å². The molecule has 0 radical (unpaired) electrons. The summed E-state index contributed by atoms with van der Waals surface area (Å²) in [5.41, 5.74) is 0. The summed E-state index contributed by atoms with van der Waals surface area (Å²) in [5, 5.41) is 3.28. The zero-order chi connectivity index (χ0) is 13.7. The Balaban J connectivity index is 1.84. The minimum atomic E-state index is 0.228. The maximum absolute atomic E-state index is 12.4. The summed E-state index contributed by atoms with van der Waals surface area (Å²) in [6.45, 7) is 2.24. The second-order valence-electron chi connectivity index (χ2n) is 6.12. The molecule has 1 saturated carbocycles. The van der Waals surface area contributed by atoms with Gasteiger partial charge in [0.1, 0.15) is 0 Å². The highest BCUT2D eigenvalue weighted by atomic mass is 32.2. The number of thioether (sulfide) groups is 1. The van der Waals surface area contributed by atoms with Crippen LogP contribution in [-0.2, 0) is 4.79 Å². The van der Waals surface area contributed by atoms with Gasteiger partial charge in [-0.1, -0.05) is 32.1 Å². The van der Waals surface area contributed by atoms with E-state index in [-0.39, 0.29) is 12.1 Å². The predicted molar refractivity (Wildman–Crippen MR) is 82.3 cm³/mol. The van der Waals surface area contributed by atoms with Crippen LogP contribution >= 0.6 is 11.8 Å². The van der Waals surface area contributed by atoms with Crippen LogP contribution in [0.2, 0.25) is 0 Å². The average Bonchev–Trinajstić information content (AvgIpc) is 2.34. The average molecular weight is 284 g/mol. The zero-order valence-corrected chi connectivity index (χ0v) is 13.2. The Morgan fingerprint density at radius 1 is 1.11 bits per heavy atom. The Hall–Kier alpha value is -0.220. The lowest BCUT2D eigenvalue weighted by Gasteiger charge is -2.38. The van der Waals surface area contributed by atoms with Crippen molar-refractivity contribution in [3.63, 3.8) is 0 Å². The Labute approximate surface area is 121 Å². The second-order valence-corrected chi connectivity index (χ2v) is 7.19. The molecule has 4 heteroatoms. The van der Waals surface area contributed by atoms with E-state index in [1.165, 1.54) is 37.9 Å². The third-order valence-corrected chi connectivity index (χ3v) is 5.88. The van der Waals surface area contributed by atoms with Crippen molar-refractivity contribution in [3.8, 4) is 0 Å². The standard InChI is InChI=1S/C15H28N2OS/c1-12-10-19-11-14(17(12)2)16-15(18)13-8-6-4-3-5-7-9-13/h12-14H,3-11H2,1-2H3,(H,16,18)/t12?,14-/m1/s1. The van der Waals surface area contributed by atoms with Gasteiger partial charge in [-0.25, -0.2) is 0 Å². The van der Waals surface area contributed by atoms with E-state index in [0.717, 1.165) is 18.6 Å². The van der Waals surface area contributed by atoms with E-state index in [2.05, 4.69) is 24.2 Å². The fourth-order valence-corrected chi connectivity index (χ4v) is 4.29. The first-order valence-corrected chi connectivity index (χ1v) is 8.94. The summed E-state index contributed by atoms with van der Waals surface area (Å²) in [5.74, 6) is 2.76. The first-order chi connectivity index (χ1) is 9.18. The van der Waals surface area contributed by atoms with Gasteiger partial charge in [-0.05, 0) is 26.8 Å². The molecule has 0 aromatic carbocycles. The minimum Gasteiger partial charge on any atom is -0.339 e. The van der Waals surface area contributed by atoms with Gasteiger partial charge in [-0.15, -0.1) is 0 Å². The molecule has 110 valence electrons. The van der Waals surface area contributed by atoms with Gasteiger partial charge >= 0.3 is 0 Å². The van der Waals surface area contributed by atoms with Crippen molar-refractivity contribution in [2.24, 2.45) is 5.92 Å². The van der Waals surface area contributed by atoms with Crippen LogP contribution in [0, 0.1) is 5.92 Å². The lowest BCUT2D eigenvalue weighted by atomic mass is 9.90. The third-order valence-electron chi connectivity index (χ3n) is 4.61. The Morgan fingerprint density at radius 2 is 1.74 bits per heavy atom. The summed E-state index contributed by atoms with van der Waals surface area (Å²) in [6.07, 6.45) is 8.82. The highest BCUT2D eigenvalue weighted by molar-refractivity contribution is 7.99. The van der Waals surface area contributed by atoms with Gasteiger partial charge in [0.05, 0.1) is 6.17 Å². The van der Waals surface area contributed by atoms with Crippen LogP contribution in [-0.4, -0.2) is 41.6 Å². The molecule has 1 saturated heterocycles. The maximum Gasteiger partial charge on any atom is 0.224 e. The largest absolute Gasteiger partial charge is 0.339 e. The van der Waals surface area contributed by atoms with E-state index >= 15 is 0 Å². The molecule has 2 aliphatic rings. The van der Waals surface area contributed by atoms with Gasteiger partial charge in [0.25, 0.3) is 0 Å². The smallest absolute Gasteiger partial charge is 0.224 e. The number of hydrogen-bond donors (Lipinski definition) is 1. The van der Waals surface area contributed by atoms with E-state index in [4.69, 9.17) is 0 Å². The topological polar surface area (TPSA) is 32.3 Å². The summed E-state index contributed by atoms with van der Waals surface area (Å²) < 4.78 is 0. The fourth-order valence-electron chi connectivity index (χ4n) is 3.04. The van der Waals surface area contributed by atoms with Gasteiger partial charge in [0.2, 0.25) is 5.91 Å². The van der Waals surface area contributed by atoms with Crippen molar-refractivity contribution in [3.05, 3.63) is 0 Å². The Morgan fingerprint density at radius 3 is 2.42 bits per heavy atom. The van der Waals surface area contributed by atoms with E-state index in [9.17, 15) is 4.79 Å². The van der Waals surface area contributed by atoms with Crippen molar-refractivity contribution < 1.29 is 4.79 Å². The maximum atomic E-state index is 12.4. The number of carbonyl (C=O) groups excluding carboxylic acids is 1. The molecular weight excluding hydrogens is 256 g/mol. The van der Waals surface area contributed by atoms with Gasteiger partial charge in [-0.3, -0.25) is 9.69 Å². The molecule has 1 aliphatic heterocycles. The number of amides is 1. The van der Waals surface area contributed by atoms with Crippen molar-refractivity contribution in [2.45, 2.75) is 64.1 Å². The van der Waals surface area contributed by atoms with Crippen LogP contribution in [0.5, 0.6) is 0 Å². The molecule has 0 aromatic rings. The molecule has 19 heavy (non-hydrogen) atoms. The third kappa shape index (κ3) is 4.38.